The van der Waals surface area contributed by atoms with Crippen molar-refractivity contribution in [1.29, 1.82) is 0 Å². The van der Waals surface area contributed by atoms with Crippen molar-refractivity contribution in [3.05, 3.63) is 63.0 Å². The van der Waals surface area contributed by atoms with Gasteiger partial charge in [-0.1, -0.05) is 41.4 Å². The number of methoxy groups -OCH3 is 1. The van der Waals surface area contributed by atoms with E-state index >= 15 is 0 Å². The van der Waals surface area contributed by atoms with Gasteiger partial charge in [0.25, 0.3) is 0 Å². The smallest absolute Gasteiger partial charge is 0.308 e. The molecule has 5 nitrogen and oxygen atoms in total. The standard InChI is InChI=1S/C18H16Cl2O5S/c1-12(21)25-15-6-3-13(4-7-15)9-10-26(22,23)11-14-5-8-16(19)18(24-2)17(14)20/h3-10H,11H2,1-2H3. The van der Waals surface area contributed by atoms with Crippen molar-refractivity contribution in [2.24, 2.45) is 0 Å². The lowest BCUT2D eigenvalue weighted by Crippen LogP contribution is -2.02. The summed E-state index contributed by atoms with van der Waals surface area (Å²) >= 11 is 12.1. The predicted octanol–water partition coefficient (Wildman–Crippen LogP) is 4.51. The highest BCUT2D eigenvalue weighted by molar-refractivity contribution is 7.93. The van der Waals surface area contributed by atoms with Crippen molar-refractivity contribution in [1.82, 2.24) is 0 Å². The molecule has 0 spiro atoms. The zero-order valence-corrected chi connectivity index (χ0v) is 16.4. The van der Waals surface area contributed by atoms with Crippen LogP contribution in [0.15, 0.2) is 41.8 Å². The van der Waals surface area contributed by atoms with Gasteiger partial charge in [0.2, 0.25) is 0 Å². The average molecular weight is 415 g/mol. The van der Waals surface area contributed by atoms with E-state index in [2.05, 4.69) is 0 Å². The summed E-state index contributed by atoms with van der Waals surface area (Å²) in [5.41, 5.74) is 1.03. The maximum absolute atomic E-state index is 12.3. The highest BCUT2D eigenvalue weighted by Gasteiger charge is 2.16. The number of esters is 1. The first-order valence-corrected chi connectivity index (χ1v) is 9.89. The van der Waals surface area contributed by atoms with Gasteiger partial charge in [0.15, 0.2) is 15.6 Å². The predicted molar refractivity (Wildman–Crippen MR) is 102 cm³/mol. The Morgan fingerprint density at radius 2 is 1.77 bits per heavy atom. The SMILES string of the molecule is COc1c(Cl)ccc(CS(=O)(=O)C=Cc2ccc(OC(C)=O)cc2)c1Cl. The van der Waals surface area contributed by atoms with Crippen molar-refractivity contribution in [3.8, 4) is 11.5 Å². The summed E-state index contributed by atoms with van der Waals surface area (Å²) < 4.78 is 34.7. The summed E-state index contributed by atoms with van der Waals surface area (Å²) in [5, 5.41) is 1.58. The molecule has 2 rings (SSSR count). The lowest BCUT2D eigenvalue weighted by Gasteiger charge is -2.09. The van der Waals surface area contributed by atoms with E-state index in [0.717, 1.165) is 5.41 Å². The molecular weight excluding hydrogens is 399 g/mol. The van der Waals surface area contributed by atoms with E-state index in [4.69, 9.17) is 32.7 Å². The molecule has 0 heterocycles. The normalized spacial score (nSPS) is 11.5. The third kappa shape index (κ3) is 5.49. The molecule has 0 saturated carbocycles. The third-order valence-electron chi connectivity index (χ3n) is 3.30. The molecule has 0 saturated heterocycles. The van der Waals surface area contributed by atoms with Crippen LogP contribution in [0.5, 0.6) is 11.5 Å². The fourth-order valence-corrected chi connectivity index (χ4v) is 3.94. The highest BCUT2D eigenvalue weighted by atomic mass is 35.5. The Balaban J connectivity index is 2.16. The van der Waals surface area contributed by atoms with Gasteiger partial charge in [0.1, 0.15) is 5.75 Å². The maximum atomic E-state index is 12.3. The molecule has 26 heavy (non-hydrogen) atoms. The molecule has 0 aliphatic carbocycles. The first-order chi connectivity index (χ1) is 12.2. The van der Waals surface area contributed by atoms with Gasteiger partial charge in [-0.2, -0.15) is 0 Å². The Morgan fingerprint density at radius 1 is 1.12 bits per heavy atom. The fraction of sp³-hybridized carbons (Fsp3) is 0.167. The number of hydrogen-bond donors (Lipinski definition) is 0. The summed E-state index contributed by atoms with van der Waals surface area (Å²) in [6, 6.07) is 9.52. The topological polar surface area (TPSA) is 69.7 Å². The molecule has 0 amide bonds. The lowest BCUT2D eigenvalue weighted by atomic mass is 10.2. The lowest BCUT2D eigenvalue weighted by molar-refractivity contribution is -0.131. The van der Waals surface area contributed by atoms with E-state index in [1.165, 1.54) is 26.2 Å². The molecule has 0 fully saturated rings. The van der Waals surface area contributed by atoms with E-state index in [0.29, 0.717) is 21.9 Å². The second-order valence-corrected chi connectivity index (χ2v) is 8.00. The molecule has 2 aromatic rings. The van der Waals surface area contributed by atoms with Crippen molar-refractivity contribution in [2.45, 2.75) is 12.7 Å². The summed E-state index contributed by atoms with van der Waals surface area (Å²) in [7, 11) is -2.16. The minimum atomic E-state index is -3.57. The zero-order valence-electron chi connectivity index (χ0n) is 14.0. The molecule has 0 aliphatic heterocycles. The molecule has 0 atom stereocenters. The molecule has 0 radical (unpaired) electrons. The fourth-order valence-electron chi connectivity index (χ4n) is 2.13. The highest BCUT2D eigenvalue weighted by Crippen LogP contribution is 2.36. The van der Waals surface area contributed by atoms with Gasteiger partial charge in [-0.05, 0) is 35.4 Å². The Bertz CT molecular complexity index is 935. The molecule has 0 N–H and O–H groups in total. The van der Waals surface area contributed by atoms with E-state index in [1.54, 1.807) is 30.3 Å². The number of carbonyl (C=O) groups excluding carboxylic acids is 1. The Morgan fingerprint density at radius 3 is 2.35 bits per heavy atom. The van der Waals surface area contributed by atoms with Crippen LogP contribution in [-0.2, 0) is 20.4 Å². The first kappa shape index (κ1) is 20.3. The Kier molecular flexibility index (Phi) is 6.69. The molecule has 0 aliphatic rings. The van der Waals surface area contributed by atoms with Crippen LogP contribution < -0.4 is 9.47 Å². The van der Waals surface area contributed by atoms with Crippen LogP contribution in [0.1, 0.15) is 18.1 Å². The number of benzene rings is 2. The number of ether oxygens (including phenoxy) is 2. The molecule has 0 unspecified atom stereocenters. The number of sulfone groups is 1. The van der Waals surface area contributed by atoms with Crippen LogP contribution in [-0.4, -0.2) is 21.5 Å². The van der Waals surface area contributed by atoms with Crippen LogP contribution in [0.3, 0.4) is 0 Å². The van der Waals surface area contributed by atoms with Gasteiger partial charge in [-0.3, -0.25) is 4.79 Å². The quantitative estimate of drug-likeness (QED) is 0.513. The summed E-state index contributed by atoms with van der Waals surface area (Å²) in [5.74, 6) is -0.0868. The monoisotopic (exact) mass is 414 g/mol. The van der Waals surface area contributed by atoms with Gasteiger partial charge >= 0.3 is 5.97 Å². The molecular formula is C18H16Cl2O5S. The third-order valence-corrected chi connectivity index (χ3v) is 5.28. The number of hydrogen-bond acceptors (Lipinski definition) is 5. The minimum Gasteiger partial charge on any atom is -0.494 e. The number of rotatable bonds is 6. The van der Waals surface area contributed by atoms with Crippen LogP contribution in [0, 0.1) is 0 Å². The van der Waals surface area contributed by atoms with Gasteiger partial charge in [0, 0.05) is 12.3 Å². The van der Waals surface area contributed by atoms with Crippen LogP contribution in [0.4, 0.5) is 0 Å². The molecule has 2 aromatic carbocycles. The largest absolute Gasteiger partial charge is 0.494 e. The summed E-state index contributed by atoms with van der Waals surface area (Å²) in [6.07, 6.45) is 1.45. The van der Waals surface area contributed by atoms with Crippen molar-refractivity contribution < 1.29 is 22.7 Å². The van der Waals surface area contributed by atoms with Gasteiger partial charge in [-0.15, -0.1) is 0 Å². The second kappa shape index (κ2) is 8.58. The molecule has 0 bridgehead atoms. The van der Waals surface area contributed by atoms with E-state index in [-0.39, 0.29) is 16.5 Å². The van der Waals surface area contributed by atoms with Crippen molar-refractivity contribution in [2.75, 3.05) is 7.11 Å². The van der Waals surface area contributed by atoms with E-state index in [9.17, 15) is 13.2 Å². The first-order valence-electron chi connectivity index (χ1n) is 7.42. The van der Waals surface area contributed by atoms with E-state index in [1.807, 2.05) is 0 Å². The molecule has 138 valence electrons. The van der Waals surface area contributed by atoms with Crippen LogP contribution in [0.25, 0.3) is 6.08 Å². The van der Waals surface area contributed by atoms with Crippen LogP contribution >= 0.6 is 23.2 Å². The maximum Gasteiger partial charge on any atom is 0.308 e. The Hall–Kier alpha value is -2.02. The van der Waals surface area contributed by atoms with Crippen molar-refractivity contribution >= 4 is 45.1 Å². The number of carbonyl (C=O) groups is 1. The zero-order chi connectivity index (χ0) is 19.3. The summed E-state index contributed by atoms with van der Waals surface area (Å²) in [4.78, 5) is 10.9. The second-order valence-electron chi connectivity index (χ2n) is 5.33. The van der Waals surface area contributed by atoms with Gasteiger partial charge in [0.05, 0.1) is 22.9 Å². The van der Waals surface area contributed by atoms with Gasteiger partial charge < -0.3 is 9.47 Å². The molecule has 8 heteroatoms. The van der Waals surface area contributed by atoms with Gasteiger partial charge in [-0.25, -0.2) is 8.42 Å². The van der Waals surface area contributed by atoms with Crippen LogP contribution in [0.2, 0.25) is 10.0 Å². The number of halogens is 2. The minimum absolute atomic E-state index is 0.169. The van der Waals surface area contributed by atoms with Crippen molar-refractivity contribution in [3.63, 3.8) is 0 Å². The Labute approximate surface area is 162 Å². The average Bonchev–Trinajstić information content (AvgIpc) is 2.57. The molecule has 0 aromatic heterocycles. The summed E-state index contributed by atoms with van der Waals surface area (Å²) in [6.45, 7) is 1.30. The van der Waals surface area contributed by atoms with E-state index < -0.39 is 15.8 Å².